The van der Waals surface area contributed by atoms with Gasteiger partial charge in [0.25, 0.3) is 5.91 Å². The lowest BCUT2D eigenvalue weighted by molar-refractivity contribution is -0.112. The van der Waals surface area contributed by atoms with Gasteiger partial charge in [-0.3, -0.25) is 10.1 Å². The van der Waals surface area contributed by atoms with Gasteiger partial charge in [0.05, 0.1) is 6.61 Å². The number of nitriles is 1. The number of nitrogens with one attached hydrogen (secondary N) is 1. The molecule has 0 saturated heterocycles. The van der Waals surface area contributed by atoms with Gasteiger partial charge in [-0.05, 0) is 49.2 Å². The fourth-order valence-electron chi connectivity index (χ4n) is 2.93. The van der Waals surface area contributed by atoms with Gasteiger partial charge in [-0.1, -0.05) is 42.5 Å². The molecular formula is C25H26N4O4S. The molecule has 1 N–H and O–H groups in total. The maximum absolute atomic E-state index is 12.6. The van der Waals surface area contributed by atoms with Crippen molar-refractivity contribution in [2.24, 2.45) is 0 Å². The highest BCUT2D eigenvalue weighted by Crippen LogP contribution is 2.29. The molecule has 0 aliphatic carbocycles. The summed E-state index contributed by atoms with van der Waals surface area (Å²) in [5.41, 5.74) is 0.576. The maximum atomic E-state index is 12.6. The van der Waals surface area contributed by atoms with Gasteiger partial charge in [-0.15, -0.1) is 10.2 Å². The fourth-order valence-corrected chi connectivity index (χ4v) is 3.76. The number of carbonyl (C=O) groups is 1. The van der Waals surface area contributed by atoms with Crippen molar-refractivity contribution in [1.82, 2.24) is 10.2 Å². The Morgan fingerprint density at radius 3 is 2.59 bits per heavy atom. The minimum Gasteiger partial charge on any atom is -0.490 e. The molecule has 34 heavy (non-hydrogen) atoms. The minimum absolute atomic E-state index is 0.0559. The standard InChI is InChI=1S/C25H26N4O4S/c1-3-8-23-28-29-25(34-23)27-24(30)19(17-26)15-18-11-12-21(22(16-18)31-4-2)33-14-13-32-20-9-6-5-7-10-20/h5-7,9-12,15-16H,3-4,8,13-14H2,1-2H3,(H,27,29,30)/b19-15-. The quantitative estimate of drug-likeness (QED) is 0.224. The molecule has 3 aromatic rings. The van der Waals surface area contributed by atoms with Gasteiger partial charge >= 0.3 is 0 Å². The zero-order valence-corrected chi connectivity index (χ0v) is 19.9. The van der Waals surface area contributed by atoms with E-state index in [0.29, 0.717) is 42.0 Å². The van der Waals surface area contributed by atoms with Gasteiger partial charge in [-0.2, -0.15) is 5.26 Å². The molecule has 1 amide bonds. The monoisotopic (exact) mass is 478 g/mol. The lowest BCUT2D eigenvalue weighted by Crippen LogP contribution is -2.13. The Labute approximate surface area is 202 Å². The summed E-state index contributed by atoms with van der Waals surface area (Å²) < 4.78 is 17.2. The van der Waals surface area contributed by atoms with E-state index in [2.05, 4.69) is 15.5 Å². The van der Waals surface area contributed by atoms with E-state index in [9.17, 15) is 10.1 Å². The first kappa shape index (κ1) is 24.7. The van der Waals surface area contributed by atoms with Crippen LogP contribution in [0.4, 0.5) is 5.13 Å². The predicted molar refractivity (Wildman–Crippen MR) is 131 cm³/mol. The van der Waals surface area contributed by atoms with E-state index in [4.69, 9.17) is 14.2 Å². The zero-order valence-electron chi connectivity index (χ0n) is 19.1. The van der Waals surface area contributed by atoms with Crippen molar-refractivity contribution in [3.8, 4) is 23.3 Å². The molecule has 8 nitrogen and oxygen atoms in total. The highest BCUT2D eigenvalue weighted by Gasteiger charge is 2.14. The summed E-state index contributed by atoms with van der Waals surface area (Å²) in [5, 5.41) is 21.3. The molecule has 0 atom stereocenters. The number of aromatic nitrogens is 2. The summed E-state index contributed by atoms with van der Waals surface area (Å²) in [7, 11) is 0. The molecule has 3 rings (SSSR count). The molecule has 0 fully saturated rings. The van der Waals surface area contributed by atoms with Crippen LogP contribution in [0.15, 0.2) is 54.1 Å². The molecule has 176 valence electrons. The third kappa shape index (κ3) is 7.32. The van der Waals surface area contributed by atoms with Crippen molar-refractivity contribution in [2.75, 3.05) is 25.1 Å². The SMILES string of the molecule is CCCc1nnc(NC(=O)/C(C#N)=C\c2ccc(OCCOc3ccccc3)c(OCC)c2)s1. The maximum Gasteiger partial charge on any atom is 0.268 e. The second-order valence-electron chi connectivity index (χ2n) is 7.02. The second kappa shape index (κ2) is 13.0. The van der Waals surface area contributed by atoms with Crippen LogP contribution < -0.4 is 19.5 Å². The summed E-state index contributed by atoms with van der Waals surface area (Å²) in [5.74, 6) is 1.30. The molecule has 0 bridgehead atoms. The average Bonchev–Trinajstić information content (AvgIpc) is 3.29. The van der Waals surface area contributed by atoms with Gasteiger partial charge in [0, 0.05) is 6.42 Å². The highest BCUT2D eigenvalue weighted by atomic mass is 32.1. The number of amides is 1. The Bertz CT molecular complexity index is 1160. The number of anilines is 1. The summed E-state index contributed by atoms with van der Waals surface area (Å²) in [6.07, 6.45) is 3.23. The number of rotatable bonds is 12. The van der Waals surface area contributed by atoms with Crippen LogP contribution in [0.5, 0.6) is 17.2 Å². The second-order valence-corrected chi connectivity index (χ2v) is 8.09. The van der Waals surface area contributed by atoms with Gasteiger partial charge < -0.3 is 14.2 Å². The van der Waals surface area contributed by atoms with Crippen molar-refractivity contribution in [1.29, 1.82) is 5.26 Å². The first-order valence-electron chi connectivity index (χ1n) is 11.0. The van der Waals surface area contributed by atoms with E-state index in [1.165, 1.54) is 17.4 Å². The van der Waals surface area contributed by atoms with Gasteiger partial charge in [0.2, 0.25) is 5.13 Å². The van der Waals surface area contributed by atoms with Crippen molar-refractivity contribution >= 4 is 28.5 Å². The highest BCUT2D eigenvalue weighted by molar-refractivity contribution is 7.15. The normalized spacial score (nSPS) is 10.9. The van der Waals surface area contributed by atoms with Gasteiger partial charge in [0.15, 0.2) is 11.5 Å². The van der Waals surface area contributed by atoms with Gasteiger partial charge in [-0.25, -0.2) is 0 Å². The van der Waals surface area contributed by atoms with Crippen LogP contribution in [0.25, 0.3) is 6.08 Å². The van der Waals surface area contributed by atoms with Crippen LogP contribution in [-0.4, -0.2) is 35.9 Å². The van der Waals surface area contributed by atoms with Crippen molar-refractivity contribution in [2.45, 2.75) is 26.7 Å². The molecule has 0 saturated carbocycles. The van der Waals surface area contributed by atoms with E-state index >= 15 is 0 Å². The lowest BCUT2D eigenvalue weighted by Gasteiger charge is -2.13. The van der Waals surface area contributed by atoms with E-state index < -0.39 is 5.91 Å². The summed E-state index contributed by atoms with van der Waals surface area (Å²) in [4.78, 5) is 12.6. The first-order valence-corrected chi connectivity index (χ1v) is 11.8. The number of hydrogen-bond donors (Lipinski definition) is 1. The molecule has 1 aromatic heterocycles. The summed E-state index contributed by atoms with van der Waals surface area (Å²) >= 11 is 1.30. The number of hydrogen-bond acceptors (Lipinski definition) is 8. The largest absolute Gasteiger partial charge is 0.490 e. The fraction of sp³-hybridized carbons (Fsp3) is 0.280. The molecule has 0 aliphatic rings. The van der Waals surface area contributed by atoms with Crippen LogP contribution in [0.1, 0.15) is 30.8 Å². The molecular weight excluding hydrogens is 452 g/mol. The van der Waals surface area contributed by atoms with Crippen LogP contribution in [0, 0.1) is 11.3 Å². The van der Waals surface area contributed by atoms with Crippen LogP contribution in [-0.2, 0) is 11.2 Å². The molecule has 9 heteroatoms. The molecule has 0 unspecified atom stereocenters. The molecule has 0 spiro atoms. The van der Waals surface area contributed by atoms with Crippen LogP contribution in [0.2, 0.25) is 0 Å². The smallest absolute Gasteiger partial charge is 0.268 e. The number of ether oxygens (including phenoxy) is 3. The number of aryl methyl sites for hydroxylation is 1. The predicted octanol–water partition coefficient (Wildman–Crippen LogP) is 4.89. The lowest BCUT2D eigenvalue weighted by atomic mass is 10.1. The van der Waals surface area contributed by atoms with Gasteiger partial charge in [0.1, 0.15) is 35.6 Å². The van der Waals surface area contributed by atoms with E-state index in [0.717, 1.165) is 23.6 Å². The van der Waals surface area contributed by atoms with Crippen molar-refractivity contribution < 1.29 is 19.0 Å². The summed E-state index contributed by atoms with van der Waals surface area (Å²) in [6, 6.07) is 16.7. The molecule has 0 radical (unpaired) electrons. The Kier molecular flexibility index (Phi) is 9.43. The number of nitrogens with zero attached hydrogens (tertiary/aromatic N) is 3. The Hall–Kier alpha value is -3.90. The molecule has 2 aromatic carbocycles. The van der Waals surface area contributed by atoms with Crippen LogP contribution in [0.3, 0.4) is 0 Å². The Morgan fingerprint density at radius 1 is 1.06 bits per heavy atom. The molecule has 1 heterocycles. The molecule has 0 aliphatic heterocycles. The van der Waals surface area contributed by atoms with E-state index in [-0.39, 0.29) is 5.57 Å². The number of carbonyl (C=O) groups excluding carboxylic acids is 1. The third-order valence-electron chi connectivity index (χ3n) is 4.45. The average molecular weight is 479 g/mol. The number of para-hydroxylation sites is 1. The summed E-state index contributed by atoms with van der Waals surface area (Å²) in [6.45, 7) is 5.06. The van der Waals surface area contributed by atoms with Crippen LogP contribution >= 0.6 is 11.3 Å². The Morgan fingerprint density at radius 2 is 1.85 bits per heavy atom. The topological polar surface area (TPSA) is 106 Å². The Balaban J connectivity index is 1.65. The minimum atomic E-state index is -0.543. The van der Waals surface area contributed by atoms with E-state index in [1.807, 2.05) is 50.2 Å². The number of benzene rings is 2. The van der Waals surface area contributed by atoms with Crippen molar-refractivity contribution in [3.05, 3.63) is 64.7 Å². The van der Waals surface area contributed by atoms with E-state index in [1.54, 1.807) is 18.2 Å². The third-order valence-corrected chi connectivity index (χ3v) is 5.35. The first-order chi connectivity index (χ1) is 16.6. The van der Waals surface area contributed by atoms with Crippen molar-refractivity contribution in [3.63, 3.8) is 0 Å². The zero-order chi connectivity index (χ0) is 24.2.